The Balaban J connectivity index is 2.45. The van der Waals surface area contributed by atoms with Crippen molar-refractivity contribution in [1.82, 2.24) is 4.98 Å². The summed E-state index contributed by atoms with van der Waals surface area (Å²) >= 11 is 5.05. The fourth-order valence-electron chi connectivity index (χ4n) is 1.36. The number of aromatic nitrogens is 1. The van der Waals surface area contributed by atoms with E-state index in [4.69, 9.17) is 5.73 Å². The lowest BCUT2D eigenvalue weighted by Gasteiger charge is -1.96. The van der Waals surface area contributed by atoms with Crippen molar-refractivity contribution < 1.29 is 0 Å². The maximum Gasteiger partial charge on any atom is 0.125 e. The molecule has 1 aromatic heterocycles. The van der Waals surface area contributed by atoms with E-state index in [1.165, 1.54) is 5.56 Å². The highest BCUT2D eigenvalue weighted by Gasteiger charge is 2.08. The van der Waals surface area contributed by atoms with Crippen molar-refractivity contribution in [2.75, 3.05) is 0 Å². The van der Waals surface area contributed by atoms with E-state index in [0.717, 1.165) is 20.1 Å². The lowest BCUT2D eigenvalue weighted by atomic mass is 10.1. The Morgan fingerprint density at radius 2 is 2.27 bits per heavy atom. The quantitative estimate of drug-likeness (QED) is 0.918. The van der Waals surface area contributed by atoms with E-state index in [2.05, 4.69) is 46.0 Å². The van der Waals surface area contributed by atoms with Crippen molar-refractivity contribution in [3.8, 4) is 10.6 Å². The van der Waals surface area contributed by atoms with E-state index in [1.54, 1.807) is 11.3 Å². The Hall–Kier alpha value is -0.710. The fraction of sp³-hybridized carbons (Fsp3) is 0.182. The molecule has 4 heteroatoms. The van der Waals surface area contributed by atoms with E-state index in [0.29, 0.717) is 6.54 Å². The molecule has 0 bridgehead atoms. The predicted octanol–water partition coefficient (Wildman–Crippen LogP) is 3.34. The molecule has 0 saturated carbocycles. The largest absolute Gasteiger partial charge is 0.326 e. The third kappa shape index (κ3) is 2.27. The molecule has 15 heavy (non-hydrogen) atoms. The summed E-state index contributed by atoms with van der Waals surface area (Å²) in [5, 5.41) is 1.02. The Labute approximate surface area is 101 Å². The average Bonchev–Trinajstić information content (AvgIpc) is 2.60. The molecule has 1 heterocycles. The molecule has 2 rings (SSSR count). The molecule has 0 spiro atoms. The molecule has 0 unspecified atom stereocenters. The second-order valence-electron chi connectivity index (χ2n) is 3.31. The molecule has 0 aliphatic rings. The minimum atomic E-state index is 0.532. The lowest BCUT2D eigenvalue weighted by Crippen LogP contribution is -1.92. The van der Waals surface area contributed by atoms with Crippen molar-refractivity contribution in [1.29, 1.82) is 0 Å². The molecule has 2 N–H and O–H groups in total. The minimum Gasteiger partial charge on any atom is -0.326 e. The van der Waals surface area contributed by atoms with Crippen molar-refractivity contribution in [2.45, 2.75) is 13.5 Å². The molecular formula is C11H11BrN2S. The number of halogens is 1. The van der Waals surface area contributed by atoms with Crippen molar-refractivity contribution in [3.05, 3.63) is 39.3 Å². The van der Waals surface area contributed by atoms with Gasteiger partial charge >= 0.3 is 0 Å². The molecule has 1 aromatic carbocycles. The highest BCUT2D eigenvalue weighted by molar-refractivity contribution is 9.10. The van der Waals surface area contributed by atoms with Crippen LogP contribution in [0.5, 0.6) is 0 Å². The van der Waals surface area contributed by atoms with Crippen molar-refractivity contribution in [2.24, 2.45) is 5.73 Å². The Morgan fingerprint density at radius 3 is 2.87 bits per heavy atom. The number of benzene rings is 1. The first-order valence-corrected chi connectivity index (χ1v) is 6.24. The molecule has 78 valence electrons. The maximum absolute atomic E-state index is 5.61. The summed E-state index contributed by atoms with van der Waals surface area (Å²) in [4.78, 5) is 5.54. The van der Waals surface area contributed by atoms with Gasteiger partial charge in [-0.15, -0.1) is 11.3 Å². The summed E-state index contributed by atoms with van der Waals surface area (Å²) < 4.78 is 0.867. The zero-order chi connectivity index (χ0) is 10.8. The van der Waals surface area contributed by atoms with Gasteiger partial charge in [0.05, 0.1) is 4.88 Å². The first-order valence-electron chi connectivity index (χ1n) is 4.63. The predicted molar refractivity (Wildman–Crippen MR) is 67.9 cm³/mol. The smallest absolute Gasteiger partial charge is 0.125 e. The van der Waals surface area contributed by atoms with Gasteiger partial charge in [-0.3, -0.25) is 0 Å². The van der Waals surface area contributed by atoms with Crippen LogP contribution in [0.4, 0.5) is 0 Å². The van der Waals surface area contributed by atoms with Crippen LogP contribution < -0.4 is 5.73 Å². The third-order valence-corrected chi connectivity index (χ3v) is 4.15. The molecule has 0 aliphatic heterocycles. The molecule has 0 fully saturated rings. The molecule has 0 amide bonds. The van der Waals surface area contributed by atoms with Gasteiger partial charge in [0.1, 0.15) is 9.61 Å². The highest BCUT2D eigenvalue weighted by atomic mass is 79.9. The van der Waals surface area contributed by atoms with Gasteiger partial charge in [0.15, 0.2) is 0 Å². The zero-order valence-electron chi connectivity index (χ0n) is 8.33. The normalized spacial score (nSPS) is 10.6. The molecule has 2 nitrogen and oxygen atoms in total. The van der Waals surface area contributed by atoms with Crippen LogP contribution in [0.3, 0.4) is 0 Å². The van der Waals surface area contributed by atoms with Gasteiger partial charge < -0.3 is 5.73 Å². The number of nitrogens with zero attached hydrogens (tertiary/aromatic N) is 1. The summed E-state index contributed by atoms with van der Waals surface area (Å²) in [5.41, 5.74) is 8.01. The zero-order valence-corrected chi connectivity index (χ0v) is 10.7. The second-order valence-corrected chi connectivity index (χ2v) is 5.14. The van der Waals surface area contributed by atoms with Crippen LogP contribution in [0, 0.1) is 6.92 Å². The Morgan fingerprint density at radius 1 is 1.47 bits per heavy atom. The van der Waals surface area contributed by atoms with Gasteiger partial charge in [-0.1, -0.05) is 23.8 Å². The first-order chi connectivity index (χ1) is 7.20. The van der Waals surface area contributed by atoms with Gasteiger partial charge in [0, 0.05) is 12.1 Å². The molecule has 0 atom stereocenters. The molecule has 0 radical (unpaired) electrons. The van der Waals surface area contributed by atoms with Crippen LogP contribution in [0.1, 0.15) is 10.4 Å². The lowest BCUT2D eigenvalue weighted by molar-refractivity contribution is 1.08. The number of thiazole rings is 1. The SMILES string of the molecule is Cc1cccc(-c2nc(Br)c(CN)s2)c1. The van der Waals surface area contributed by atoms with Gasteiger partial charge in [-0.25, -0.2) is 4.98 Å². The number of nitrogens with two attached hydrogens (primary N) is 1. The van der Waals surface area contributed by atoms with E-state index in [9.17, 15) is 0 Å². The van der Waals surface area contributed by atoms with E-state index in [-0.39, 0.29) is 0 Å². The van der Waals surface area contributed by atoms with Crippen molar-refractivity contribution in [3.63, 3.8) is 0 Å². The molecular weight excluding hydrogens is 272 g/mol. The third-order valence-electron chi connectivity index (χ3n) is 2.10. The number of hydrogen-bond acceptors (Lipinski definition) is 3. The van der Waals surface area contributed by atoms with E-state index >= 15 is 0 Å². The second kappa shape index (κ2) is 4.43. The van der Waals surface area contributed by atoms with Gasteiger partial charge in [-0.2, -0.15) is 0 Å². The van der Waals surface area contributed by atoms with Crippen LogP contribution in [0.25, 0.3) is 10.6 Å². The van der Waals surface area contributed by atoms with Gasteiger partial charge in [-0.05, 0) is 28.9 Å². The Kier molecular flexibility index (Phi) is 3.19. The van der Waals surface area contributed by atoms with Crippen LogP contribution >= 0.6 is 27.3 Å². The molecule has 0 saturated heterocycles. The van der Waals surface area contributed by atoms with E-state index in [1.807, 2.05) is 6.07 Å². The standard InChI is InChI=1S/C11H11BrN2S/c1-7-3-2-4-8(5-7)11-14-10(12)9(6-13)15-11/h2-5H,6,13H2,1H3. The highest BCUT2D eigenvalue weighted by Crippen LogP contribution is 2.30. The fourth-order valence-corrected chi connectivity index (χ4v) is 2.89. The topological polar surface area (TPSA) is 38.9 Å². The van der Waals surface area contributed by atoms with Gasteiger partial charge in [0.25, 0.3) is 0 Å². The monoisotopic (exact) mass is 282 g/mol. The van der Waals surface area contributed by atoms with Crippen LogP contribution in [-0.4, -0.2) is 4.98 Å². The molecule has 2 aromatic rings. The summed E-state index contributed by atoms with van der Waals surface area (Å²) in [6.45, 7) is 2.61. The summed E-state index contributed by atoms with van der Waals surface area (Å²) in [5.74, 6) is 0. The van der Waals surface area contributed by atoms with Crippen LogP contribution in [0.2, 0.25) is 0 Å². The maximum atomic E-state index is 5.61. The van der Waals surface area contributed by atoms with Gasteiger partial charge in [0.2, 0.25) is 0 Å². The van der Waals surface area contributed by atoms with Crippen LogP contribution in [-0.2, 0) is 6.54 Å². The van der Waals surface area contributed by atoms with Crippen molar-refractivity contribution >= 4 is 27.3 Å². The Bertz CT molecular complexity index is 479. The van der Waals surface area contributed by atoms with Crippen LogP contribution in [0.15, 0.2) is 28.9 Å². The van der Waals surface area contributed by atoms with E-state index < -0.39 is 0 Å². The summed E-state index contributed by atoms with van der Waals surface area (Å²) in [7, 11) is 0. The number of aryl methyl sites for hydroxylation is 1. The summed E-state index contributed by atoms with van der Waals surface area (Å²) in [6.07, 6.45) is 0. The number of hydrogen-bond donors (Lipinski definition) is 1. The average molecular weight is 283 g/mol. The number of rotatable bonds is 2. The molecule has 0 aliphatic carbocycles. The minimum absolute atomic E-state index is 0.532. The first kappa shape index (κ1) is 10.8. The summed E-state index contributed by atoms with van der Waals surface area (Å²) in [6, 6.07) is 8.32.